The molecule has 0 bridgehead atoms. The van der Waals surface area contributed by atoms with E-state index in [2.05, 4.69) is 6.92 Å². The van der Waals surface area contributed by atoms with Crippen molar-refractivity contribution >= 4 is 0 Å². The minimum absolute atomic E-state index is 0. The van der Waals surface area contributed by atoms with Crippen LogP contribution in [0.3, 0.4) is 0 Å². The average molecular weight is 154 g/mol. The van der Waals surface area contributed by atoms with Gasteiger partial charge in [-0.15, -0.1) is 6.61 Å². The van der Waals surface area contributed by atoms with Crippen molar-refractivity contribution in [2.75, 3.05) is 6.61 Å². The van der Waals surface area contributed by atoms with Crippen LogP contribution in [0.2, 0.25) is 0 Å². The average Bonchev–Trinajstić information content (AvgIpc) is 1.83. The molecule has 0 radical (unpaired) electrons. The van der Waals surface area contributed by atoms with Gasteiger partial charge in [0.2, 0.25) is 0 Å². The quantitative estimate of drug-likeness (QED) is 0.437. The van der Waals surface area contributed by atoms with Gasteiger partial charge in [0.15, 0.2) is 0 Å². The molecule has 1 nitrogen and oxygen atoms in total. The Morgan fingerprint density at radius 2 is 2.00 bits per heavy atom. The third-order valence-corrected chi connectivity index (χ3v) is 1.33. The van der Waals surface area contributed by atoms with Crippen molar-refractivity contribution in [3.63, 3.8) is 0 Å². The van der Waals surface area contributed by atoms with Gasteiger partial charge in [0.1, 0.15) is 0 Å². The van der Waals surface area contributed by atoms with E-state index in [-0.39, 0.29) is 58.0 Å². The molecule has 1 atom stereocenters. The first kappa shape index (κ1) is 13.2. The zero-order chi connectivity index (χ0) is 6.41. The Kier molecular flexibility index (Phi) is 14.1. The normalized spacial score (nSPS) is 12.3. The van der Waals surface area contributed by atoms with Crippen molar-refractivity contribution in [2.24, 2.45) is 5.92 Å². The summed E-state index contributed by atoms with van der Waals surface area (Å²) >= 11 is 0. The summed E-state index contributed by atoms with van der Waals surface area (Å²) in [6, 6.07) is 0. The number of hydrogen-bond acceptors (Lipinski definition) is 1. The fraction of sp³-hybridized carbons (Fsp3) is 1.00. The zero-order valence-corrected chi connectivity index (χ0v) is 9.94. The molecule has 1 unspecified atom stereocenters. The monoisotopic (exact) mass is 154 g/mol. The summed E-state index contributed by atoms with van der Waals surface area (Å²) in [7, 11) is 0. The fourth-order valence-corrected chi connectivity index (χ4v) is 0.636. The van der Waals surface area contributed by atoms with Gasteiger partial charge in [-0.2, -0.15) is 0 Å². The van der Waals surface area contributed by atoms with Crippen LogP contribution < -0.4 is 56.5 Å². The predicted octanol–water partition coefficient (Wildman–Crippen LogP) is -1.82. The van der Waals surface area contributed by atoms with E-state index in [1.807, 2.05) is 6.92 Å². The van der Waals surface area contributed by atoms with Crippen molar-refractivity contribution in [3.8, 4) is 0 Å². The molecule has 0 spiro atoms. The molecule has 0 N–H and O–H groups in total. The molecule has 0 saturated carbocycles. The van der Waals surface area contributed by atoms with Gasteiger partial charge in [0.25, 0.3) is 0 Å². The van der Waals surface area contributed by atoms with Gasteiger partial charge < -0.3 is 5.11 Å². The molecule has 0 amide bonds. The van der Waals surface area contributed by atoms with Gasteiger partial charge in [0, 0.05) is 0 Å². The van der Waals surface area contributed by atoms with Gasteiger partial charge >= 0.3 is 51.4 Å². The molecule has 2 heteroatoms. The van der Waals surface area contributed by atoms with Crippen LogP contribution in [0, 0.1) is 5.92 Å². The maximum atomic E-state index is 10.1. The number of rotatable bonds is 4. The van der Waals surface area contributed by atoms with Crippen molar-refractivity contribution < 1.29 is 56.5 Å². The molecule has 0 aliphatic heterocycles. The minimum atomic E-state index is 0. The van der Waals surface area contributed by atoms with Crippen LogP contribution in [0.15, 0.2) is 0 Å². The van der Waals surface area contributed by atoms with Gasteiger partial charge in [-0.05, 0) is 0 Å². The van der Waals surface area contributed by atoms with E-state index in [4.69, 9.17) is 0 Å². The molecule has 0 heterocycles. The smallest absolute Gasteiger partial charge is 0.854 e. The van der Waals surface area contributed by atoms with Crippen LogP contribution in [0.1, 0.15) is 33.1 Å². The second kappa shape index (κ2) is 9.60. The van der Waals surface area contributed by atoms with Crippen LogP contribution in [-0.4, -0.2) is 6.61 Å². The third kappa shape index (κ3) is 9.60. The van der Waals surface area contributed by atoms with Crippen LogP contribution in [0.4, 0.5) is 0 Å². The van der Waals surface area contributed by atoms with Crippen molar-refractivity contribution in [2.45, 2.75) is 33.1 Å². The van der Waals surface area contributed by atoms with E-state index in [9.17, 15) is 5.11 Å². The second-order valence-electron chi connectivity index (χ2n) is 2.41. The van der Waals surface area contributed by atoms with Gasteiger partial charge in [0.05, 0.1) is 0 Å². The number of unbranched alkanes of at least 4 members (excludes halogenated alkanes) is 1. The Hall–Kier alpha value is 1.60. The zero-order valence-electron chi connectivity index (χ0n) is 6.81. The first-order valence-corrected chi connectivity index (χ1v) is 3.39. The van der Waals surface area contributed by atoms with Crippen molar-refractivity contribution in [1.82, 2.24) is 0 Å². The first-order valence-electron chi connectivity index (χ1n) is 3.39. The second-order valence-corrected chi connectivity index (χ2v) is 2.41. The summed E-state index contributed by atoms with van der Waals surface area (Å²) in [6.45, 7) is 4.26. The Bertz CT molecular complexity index is 48.2. The molecule has 0 saturated heterocycles. The molecule has 0 aliphatic rings. The van der Waals surface area contributed by atoms with Gasteiger partial charge in [-0.1, -0.05) is 39.0 Å². The fourth-order valence-electron chi connectivity index (χ4n) is 0.636. The molecule has 0 rings (SSSR count). The summed E-state index contributed by atoms with van der Waals surface area (Å²) in [5, 5.41) is 10.1. The Morgan fingerprint density at radius 1 is 1.44 bits per heavy atom. The summed E-state index contributed by atoms with van der Waals surface area (Å²) in [5.74, 6) is 0.398. The minimum Gasteiger partial charge on any atom is -0.854 e. The first-order chi connectivity index (χ1) is 3.81. The predicted molar refractivity (Wildman–Crippen MR) is 33.6 cm³/mol. The third-order valence-electron chi connectivity index (χ3n) is 1.33. The Balaban J connectivity index is 0. The van der Waals surface area contributed by atoms with E-state index in [1.54, 1.807) is 0 Å². The molecule has 50 valence electrons. The van der Waals surface area contributed by atoms with Crippen molar-refractivity contribution in [1.29, 1.82) is 0 Å². The van der Waals surface area contributed by atoms with Crippen LogP contribution in [0.25, 0.3) is 0 Å². The molecular weight excluding hydrogens is 139 g/mol. The van der Waals surface area contributed by atoms with Crippen molar-refractivity contribution in [3.05, 3.63) is 0 Å². The SMILES string of the molecule is CCCCC(C)C[O-].[K+]. The largest absolute Gasteiger partial charge is 1.00 e. The Labute approximate surface area is 101 Å². The van der Waals surface area contributed by atoms with E-state index in [1.165, 1.54) is 12.8 Å². The summed E-state index contributed by atoms with van der Waals surface area (Å²) in [6.07, 6.45) is 3.54. The van der Waals surface area contributed by atoms with E-state index in [0.717, 1.165) is 6.42 Å². The summed E-state index contributed by atoms with van der Waals surface area (Å²) < 4.78 is 0. The standard InChI is InChI=1S/C7H15O.K/c1-3-4-5-7(2)6-8;/h7H,3-6H2,1-2H3;/q-1;+1. The molecule has 0 aromatic rings. The van der Waals surface area contributed by atoms with Gasteiger partial charge in [-0.3, -0.25) is 0 Å². The molecular formula is C7H15KO. The van der Waals surface area contributed by atoms with Crippen LogP contribution in [0.5, 0.6) is 0 Å². The topological polar surface area (TPSA) is 23.1 Å². The Morgan fingerprint density at radius 3 is 2.33 bits per heavy atom. The number of hydrogen-bond donors (Lipinski definition) is 0. The molecule has 0 aromatic heterocycles. The summed E-state index contributed by atoms with van der Waals surface area (Å²) in [4.78, 5) is 0. The maximum absolute atomic E-state index is 10.1. The van der Waals surface area contributed by atoms with E-state index < -0.39 is 0 Å². The van der Waals surface area contributed by atoms with Gasteiger partial charge in [-0.25, -0.2) is 0 Å². The molecule has 9 heavy (non-hydrogen) atoms. The van der Waals surface area contributed by atoms with Crippen LogP contribution >= 0.6 is 0 Å². The molecule has 0 aliphatic carbocycles. The molecule has 0 fully saturated rings. The van der Waals surface area contributed by atoms with E-state index >= 15 is 0 Å². The maximum Gasteiger partial charge on any atom is 1.00 e. The molecule has 0 aromatic carbocycles. The van der Waals surface area contributed by atoms with Crippen LogP contribution in [-0.2, 0) is 0 Å². The van der Waals surface area contributed by atoms with E-state index in [0.29, 0.717) is 5.92 Å². The summed E-state index contributed by atoms with van der Waals surface area (Å²) in [5.41, 5.74) is 0.